The van der Waals surface area contributed by atoms with Crippen LogP contribution >= 0.6 is 0 Å². The van der Waals surface area contributed by atoms with Gasteiger partial charge in [-0.2, -0.15) is 0 Å². The molecule has 19 heavy (non-hydrogen) atoms. The Bertz CT molecular complexity index is 425. The fraction of sp³-hybridized carbons (Fsp3) is 0.684. The molecular weight excluding hydrogens is 228 g/mol. The molecule has 0 spiro atoms. The Balaban J connectivity index is 2.37. The SMILES string of the molecule is C#C/C=C\C(=C/C)C12CC(C)CC(CC(C)(C)C1)C2. The van der Waals surface area contributed by atoms with Gasteiger partial charge in [-0.25, -0.2) is 0 Å². The summed E-state index contributed by atoms with van der Waals surface area (Å²) in [5, 5.41) is 0. The normalized spacial score (nSPS) is 38.2. The molecule has 0 aliphatic heterocycles. The van der Waals surface area contributed by atoms with Gasteiger partial charge in [0.05, 0.1) is 0 Å². The fourth-order valence-electron chi connectivity index (χ4n) is 5.16. The lowest BCUT2D eigenvalue weighted by Gasteiger charge is -2.54. The molecule has 0 aromatic heterocycles. The van der Waals surface area contributed by atoms with Gasteiger partial charge in [-0.15, -0.1) is 6.42 Å². The number of fused-ring (bicyclic) bond motifs is 2. The molecule has 3 unspecified atom stereocenters. The third-order valence-electron chi connectivity index (χ3n) is 5.10. The first-order chi connectivity index (χ1) is 8.91. The Morgan fingerprint density at radius 3 is 2.63 bits per heavy atom. The highest BCUT2D eigenvalue weighted by Gasteiger charge is 2.48. The van der Waals surface area contributed by atoms with Gasteiger partial charge in [0, 0.05) is 0 Å². The number of hydrogen-bond donors (Lipinski definition) is 0. The Hall–Kier alpha value is -0.960. The molecule has 2 fully saturated rings. The highest BCUT2D eigenvalue weighted by atomic mass is 14.5. The second kappa shape index (κ2) is 5.20. The van der Waals surface area contributed by atoms with Crippen LogP contribution in [0, 0.1) is 35.0 Å². The minimum absolute atomic E-state index is 0.381. The van der Waals surface area contributed by atoms with E-state index in [2.05, 4.69) is 45.8 Å². The maximum absolute atomic E-state index is 5.40. The zero-order valence-electron chi connectivity index (χ0n) is 13.0. The third-order valence-corrected chi connectivity index (χ3v) is 5.10. The van der Waals surface area contributed by atoms with Crippen LogP contribution in [-0.2, 0) is 0 Å². The van der Waals surface area contributed by atoms with Crippen LogP contribution in [0.25, 0.3) is 0 Å². The molecule has 104 valence electrons. The summed E-state index contributed by atoms with van der Waals surface area (Å²) < 4.78 is 0. The molecule has 2 rings (SSSR count). The second-order valence-corrected chi connectivity index (χ2v) is 7.68. The summed E-state index contributed by atoms with van der Waals surface area (Å²) >= 11 is 0. The highest BCUT2D eigenvalue weighted by molar-refractivity contribution is 5.32. The van der Waals surface area contributed by atoms with Gasteiger partial charge >= 0.3 is 0 Å². The van der Waals surface area contributed by atoms with E-state index >= 15 is 0 Å². The van der Waals surface area contributed by atoms with Gasteiger partial charge in [-0.1, -0.05) is 38.8 Å². The van der Waals surface area contributed by atoms with Crippen molar-refractivity contribution in [3.05, 3.63) is 23.8 Å². The van der Waals surface area contributed by atoms with Crippen LogP contribution < -0.4 is 0 Å². The zero-order valence-corrected chi connectivity index (χ0v) is 13.0. The summed E-state index contributed by atoms with van der Waals surface area (Å²) in [6.07, 6.45) is 18.6. The van der Waals surface area contributed by atoms with E-state index in [0.717, 1.165) is 11.8 Å². The quantitative estimate of drug-likeness (QED) is 0.460. The van der Waals surface area contributed by atoms with E-state index in [-0.39, 0.29) is 0 Å². The summed E-state index contributed by atoms with van der Waals surface area (Å²) in [5.41, 5.74) is 2.34. The Labute approximate surface area is 119 Å². The molecule has 0 heterocycles. The van der Waals surface area contributed by atoms with E-state index in [1.807, 2.05) is 6.08 Å². The lowest BCUT2D eigenvalue weighted by Crippen LogP contribution is -2.43. The van der Waals surface area contributed by atoms with E-state index in [1.54, 1.807) is 0 Å². The number of allylic oxidation sites excluding steroid dienone is 4. The predicted octanol–water partition coefficient (Wildman–Crippen LogP) is 5.36. The number of terminal acetylenes is 1. The number of rotatable bonds is 2. The lowest BCUT2D eigenvalue weighted by atomic mass is 9.50. The minimum atomic E-state index is 0.381. The molecule has 0 aromatic carbocycles. The van der Waals surface area contributed by atoms with E-state index in [0.29, 0.717) is 10.8 Å². The van der Waals surface area contributed by atoms with Crippen molar-refractivity contribution in [2.24, 2.45) is 22.7 Å². The largest absolute Gasteiger partial charge is 0.115 e. The maximum atomic E-state index is 5.40. The Morgan fingerprint density at radius 1 is 1.26 bits per heavy atom. The average Bonchev–Trinajstić information content (AvgIpc) is 2.26. The molecular formula is C19H28. The van der Waals surface area contributed by atoms with Crippen LogP contribution in [0.4, 0.5) is 0 Å². The summed E-state index contributed by atoms with van der Waals surface area (Å²) in [6, 6.07) is 0. The molecule has 3 atom stereocenters. The second-order valence-electron chi connectivity index (χ2n) is 7.68. The van der Waals surface area contributed by atoms with E-state index in [9.17, 15) is 0 Å². The van der Waals surface area contributed by atoms with Gasteiger partial charge in [0.2, 0.25) is 0 Å². The van der Waals surface area contributed by atoms with Crippen molar-refractivity contribution in [3.8, 4) is 12.3 Å². The van der Waals surface area contributed by atoms with Crippen molar-refractivity contribution in [1.29, 1.82) is 0 Å². The van der Waals surface area contributed by atoms with Crippen LogP contribution in [-0.4, -0.2) is 0 Å². The van der Waals surface area contributed by atoms with Gasteiger partial charge in [0.25, 0.3) is 0 Å². The molecule has 2 saturated carbocycles. The molecule has 0 N–H and O–H groups in total. The summed E-state index contributed by atoms with van der Waals surface area (Å²) in [7, 11) is 0. The monoisotopic (exact) mass is 256 g/mol. The van der Waals surface area contributed by atoms with Crippen molar-refractivity contribution in [3.63, 3.8) is 0 Å². The summed E-state index contributed by atoms with van der Waals surface area (Å²) in [5.74, 6) is 4.41. The topological polar surface area (TPSA) is 0 Å². The van der Waals surface area contributed by atoms with Crippen molar-refractivity contribution in [1.82, 2.24) is 0 Å². The lowest BCUT2D eigenvalue weighted by molar-refractivity contribution is 0.00539. The molecule has 0 heteroatoms. The molecule has 2 aliphatic carbocycles. The smallest absolute Gasteiger partial charge is 0.00398 e. The van der Waals surface area contributed by atoms with Crippen molar-refractivity contribution < 1.29 is 0 Å². The predicted molar refractivity (Wildman–Crippen MR) is 83.7 cm³/mol. The highest BCUT2D eigenvalue weighted by Crippen LogP contribution is 2.60. The van der Waals surface area contributed by atoms with Crippen LogP contribution in [0.2, 0.25) is 0 Å². The van der Waals surface area contributed by atoms with Crippen molar-refractivity contribution >= 4 is 0 Å². The molecule has 0 nitrogen and oxygen atoms in total. The van der Waals surface area contributed by atoms with Crippen molar-refractivity contribution in [2.75, 3.05) is 0 Å². The maximum Gasteiger partial charge on any atom is -0.00398 e. The molecule has 2 aliphatic rings. The summed E-state index contributed by atoms with van der Waals surface area (Å²) in [4.78, 5) is 0. The first-order valence-corrected chi connectivity index (χ1v) is 7.70. The first kappa shape index (κ1) is 14.4. The van der Waals surface area contributed by atoms with Crippen molar-refractivity contribution in [2.45, 2.75) is 59.8 Å². The summed E-state index contributed by atoms with van der Waals surface area (Å²) in [6.45, 7) is 9.49. The van der Waals surface area contributed by atoms with Gasteiger partial charge in [0.1, 0.15) is 0 Å². The van der Waals surface area contributed by atoms with Gasteiger partial charge in [-0.3, -0.25) is 0 Å². The number of hydrogen-bond acceptors (Lipinski definition) is 0. The van der Waals surface area contributed by atoms with Crippen LogP contribution in [0.1, 0.15) is 59.8 Å². The van der Waals surface area contributed by atoms with Crippen LogP contribution in [0.5, 0.6) is 0 Å². The molecule has 2 bridgehead atoms. The van der Waals surface area contributed by atoms with Gasteiger partial charge in [-0.05, 0) is 73.3 Å². The molecule has 0 saturated heterocycles. The Kier molecular flexibility index (Phi) is 3.95. The van der Waals surface area contributed by atoms with Crippen LogP contribution in [0.3, 0.4) is 0 Å². The van der Waals surface area contributed by atoms with E-state index in [1.165, 1.54) is 37.7 Å². The molecule has 0 amide bonds. The third kappa shape index (κ3) is 2.97. The fourth-order valence-corrected chi connectivity index (χ4v) is 5.16. The molecule has 0 aromatic rings. The Morgan fingerprint density at radius 2 is 2.00 bits per heavy atom. The first-order valence-electron chi connectivity index (χ1n) is 7.70. The van der Waals surface area contributed by atoms with Crippen LogP contribution in [0.15, 0.2) is 23.8 Å². The van der Waals surface area contributed by atoms with E-state index < -0.39 is 0 Å². The van der Waals surface area contributed by atoms with Gasteiger partial charge < -0.3 is 0 Å². The van der Waals surface area contributed by atoms with E-state index in [4.69, 9.17) is 6.42 Å². The van der Waals surface area contributed by atoms with Gasteiger partial charge in [0.15, 0.2) is 0 Å². The average molecular weight is 256 g/mol. The minimum Gasteiger partial charge on any atom is -0.115 e. The standard InChI is InChI=1S/C19H28/c1-6-8-9-17(7-2)19-11-15(3)10-16(13-19)12-18(4,5)14-19/h1,7-9,15-16H,10-14H2,2-5H3/b9-8-,17-7+. The zero-order chi connectivity index (χ0) is 14.1. The molecule has 0 radical (unpaired) electrons.